The molecular weight excluding hydrogens is 231 g/mol. The number of H-pyrrole nitrogens is 1. The van der Waals surface area contributed by atoms with Gasteiger partial charge in [0.15, 0.2) is 0 Å². The fraction of sp³-hybridized carbons (Fsp3) is 0.500. The van der Waals surface area contributed by atoms with Gasteiger partial charge in [0.1, 0.15) is 6.54 Å². The van der Waals surface area contributed by atoms with Crippen molar-refractivity contribution in [1.29, 1.82) is 0 Å². The lowest BCUT2D eigenvalue weighted by molar-refractivity contribution is -0.145. The maximum atomic E-state index is 12.9. The van der Waals surface area contributed by atoms with Crippen molar-refractivity contribution in [3.63, 3.8) is 0 Å². The van der Waals surface area contributed by atoms with Crippen LogP contribution < -0.4 is 11.2 Å². The summed E-state index contributed by atoms with van der Waals surface area (Å²) in [6.07, 6.45) is 0.678. The minimum absolute atomic E-state index is 0.169. The molecule has 1 rings (SSSR count). The second-order valence-corrected chi connectivity index (χ2v) is 3.94. The Labute approximate surface area is 96.0 Å². The van der Waals surface area contributed by atoms with Gasteiger partial charge in [-0.25, -0.2) is 4.79 Å². The van der Waals surface area contributed by atoms with Crippen LogP contribution in [0.2, 0.25) is 0 Å². The van der Waals surface area contributed by atoms with Crippen LogP contribution in [0.5, 0.6) is 0 Å². The summed E-state index contributed by atoms with van der Waals surface area (Å²) in [5, 5.41) is 0. The van der Waals surface area contributed by atoms with Gasteiger partial charge in [-0.3, -0.25) is 19.1 Å². The summed E-state index contributed by atoms with van der Waals surface area (Å²) >= 11 is 0. The predicted octanol–water partition coefficient (Wildman–Crippen LogP) is -0.125. The molecule has 0 aliphatic rings. The summed E-state index contributed by atoms with van der Waals surface area (Å²) in [6, 6.07) is 0. The van der Waals surface area contributed by atoms with Crippen LogP contribution in [0.15, 0.2) is 15.8 Å². The smallest absolute Gasteiger partial charge is 0.329 e. The number of aromatic nitrogens is 2. The molecule has 6 nitrogen and oxygen atoms in total. The molecule has 0 spiro atoms. The van der Waals surface area contributed by atoms with E-state index in [4.69, 9.17) is 4.74 Å². The Morgan fingerprint density at radius 3 is 2.76 bits per heavy atom. The maximum absolute atomic E-state index is 12.9. The van der Waals surface area contributed by atoms with Gasteiger partial charge in [0.25, 0.3) is 5.56 Å². The lowest BCUT2D eigenvalue weighted by Crippen LogP contribution is -2.33. The third-order valence-corrected chi connectivity index (χ3v) is 1.84. The van der Waals surface area contributed by atoms with E-state index in [2.05, 4.69) is 0 Å². The van der Waals surface area contributed by atoms with E-state index >= 15 is 0 Å². The van der Waals surface area contributed by atoms with Crippen molar-refractivity contribution in [1.82, 2.24) is 9.55 Å². The van der Waals surface area contributed by atoms with Crippen LogP contribution in [0.25, 0.3) is 0 Å². The highest BCUT2D eigenvalue weighted by molar-refractivity contribution is 5.69. The summed E-state index contributed by atoms with van der Waals surface area (Å²) in [7, 11) is 0. The van der Waals surface area contributed by atoms with E-state index < -0.39 is 29.6 Å². The molecule has 0 radical (unpaired) electrons. The van der Waals surface area contributed by atoms with Crippen LogP contribution in [0.3, 0.4) is 0 Å². The van der Waals surface area contributed by atoms with Gasteiger partial charge in [-0.1, -0.05) is 13.8 Å². The van der Waals surface area contributed by atoms with Crippen molar-refractivity contribution in [2.45, 2.75) is 20.4 Å². The summed E-state index contributed by atoms with van der Waals surface area (Å²) in [6.45, 7) is 3.51. The van der Waals surface area contributed by atoms with Gasteiger partial charge in [-0.05, 0) is 5.92 Å². The van der Waals surface area contributed by atoms with E-state index in [1.807, 2.05) is 13.8 Å². The molecule has 17 heavy (non-hydrogen) atoms. The lowest BCUT2D eigenvalue weighted by atomic mass is 10.2. The highest BCUT2D eigenvalue weighted by Crippen LogP contribution is 1.94. The van der Waals surface area contributed by atoms with Gasteiger partial charge in [0.2, 0.25) is 5.82 Å². The summed E-state index contributed by atoms with van der Waals surface area (Å²) < 4.78 is 18.4. The molecule has 7 heteroatoms. The fourth-order valence-corrected chi connectivity index (χ4v) is 1.04. The average Bonchev–Trinajstić information content (AvgIpc) is 2.23. The Hall–Kier alpha value is -1.92. The first-order chi connectivity index (χ1) is 7.90. The predicted molar refractivity (Wildman–Crippen MR) is 57.1 cm³/mol. The molecule has 1 N–H and O–H groups in total. The molecule has 94 valence electrons. The van der Waals surface area contributed by atoms with Crippen molar-refractivity contribution < 1.29 is 13.9 Å². The number of carbonyl (C=O) groups excluding carboxylic acids is 1. The number of nitrogens with zero attached hydrogens (tertiary/aromatic N) is 1. The zero-order chi connectivity index (χ0) is 13.0. The Balaban J connectivity index is 2.75. The molecule has 1 aromatic rings. The number of aromatic amines is 1. The molecule has 0 saturated carbocycles. The Morgan fingerprint density at radius 2 is 2.18 bits per heavy atom. The minimum Gasteiger partial charge on any atom is -0.464 e. The van der Waals surface area contributed by atoms with Gasteiger partial charge in [0.05, 0.1) is 12.8 Å². The fourth-order valence-electron chi connectivity index (χ4n) is 1.04. The van der Waals surface area contributed by atoms with Crippen LogP contribution in [0, 0.1) is 11.7 Å². The van der Waals surface area contributed by atoms with Crippen LogP contribution >= 0.6 is 0 Å². The van der Waals surface area contributed by atoms with Crippen molar-refractivity contribution in [3.8, 4) is 0 Å². The first-order valence-corrected chi connectivity index (χ1v) is 5.05. The second-order valence-electron chi connectivity index (χ2n) is 3.94. The van der Waals surface area contributed by atoms with Crippen molar-refractivity contribution >= 4 is 5.97 Å². The molecule has 0 aliphatic heterocycles. The first-order valence-electron chi connectivity index (χ1n) is 5.05. The molecule has 0 saturated heterocycles. The summed E-state index contributed by atoms with van der Waals surface area (Å²) in [5.74, 6) is -1.61. The van der Waals surface area contributed by atoms with E-state index in [9.17, 15) is 18.8 Å². The first kappa shape index (κ1) is 13.1. The zero-order valence-corrected chi connectivity index (χ0v) is 9.53. The molecule has 1 heterocycles. The standard InChI is InChI=1S/C10H13FN2O4/c1-6(2)5-17-8(14)4-13-3-7(11)9(15)12-10(13)16/h3,6H,4-5H2,1-2H3,(H,12,15,16). The maximum Gasteiger partial charge on any atom is 0.329 e. The van der Waals surface area contributed by atoms with Crippen LogP contribution in [-0.2, 0) is 16.1 Å². The van der Waals surface area contributed by atoms with E-state index in [-0.39, 0.29) is 12.5 Å². The number of esters is 1. The number of halogens is 1. The summed E-state index contributed by atoms with van der Waals surface area (Å²) in [4.78, 5) is 34.9. The Kier molecular flexibility index (Phi) is 4.19. The number of rotatable bonds is 4. The molecule has 0 bridgehead atoms. The minimum atomic E-state index is -1.12. The van der Waals surface area contributed by atoms with Crippen molar-refractivity contribution in [2.24, 2.45) is 5.92 Å². The average molecular weight is 244 g/mol. The third kappa shape index (κ3) is 3.86. The van der Waals surface area contributed by atoms with E-state index in [0.717, 1.165) is 4.57 Å². The molecule has 1 aromatic heterocycles. The zero-order valence-electron chi connectivity index (χ0n) is 9.53. The number of carbonyl (C=O) groups is 1. The largest absolute Gasteiger partial charge is 0.464 e. The van der Waals surface area contributed by atoms with Gasteiger partial charge in [-0.15, -0.1) is 0 Å². The molecule has 0 fully saturated rings. The second kappa shape index (κ2) is 5.42. The molecule has 0 aromatic carbocycles. The Bertz CT molecular complexity index is 518. The molecule has 0 atom stereocenters. The SMILES string of the molecule is CC(C)COC(=O)Cn1cc(F)c(=O)[nH]c1=O. The number of hydrogen-bond acceptors (Lipinski definition) is 4. The van der Waals surface area contributed by atoms with Crippen molar-refractivity contribution in [2.75, 3.05) is 6.61 Å². The van der Waals surface area contributed by atoms with E-state index in [1.165, 1.54) is 0 Å². The molecule has 0 amide bonds. The molecule has 0 aliphatic carbocycles. The summed E-state index contributed by atoms with van der Waals surface area (Å²) in [5.41, 5.74) is -1.96. The van der Waals surface area contributed by atoms with E-state index in [1.54, 1.807) is 4.98 Å². The topological polar surface area (TPSA) is 81.2 Å². The van der Waals surface area contributed by atoms with Gasteiger partial charge >= 0.3 is 11.7 Å². The van der Waals surface area contributed by atoms with Crippen LogP contribution in [0.4, 0.5) is 4.39 Å². The number of ether oxygens (including phenoxy) is 1. The van der Waals surface area contributed by atoms with E-state index in [0.29, 0.717) is 6.20 Å². The number of nitrogens with one attached hydrogen (secondary N) is 1. The normalized spacial score (nSPS) is 10.6. The highest BCUT2D eigenvalue weighted by atomic mass is 19.1. The quantitative estimate of drug-likeness (QED) is 0.748. The highest BCUT2D eigenvalue weighted by Gasteiger charge is 2.09. The van der Waals surface area contributed by atoms with Crippen molar-refractivity contribution in [3.05, 3.63) is 32.9 Å². The Morgan fingerprint density at radius 1 is 1.53 bits per heavy atom. The van der Waals surface area contributed by atoms with Crippen LogP contribution in [-0.4, -0.2) is 22.1 Å². The third-order valence-electron chi connectivity index (χ3n) is 1.84. The van der Waals surface area contributed by atoms with Gasteiger partial charge in [-0.2, -0.15) is 4.39 Å². The molecule has 0 unspecified atom stereocenters. The van der Waals surface area contributed by atoms with Crippen LogP contribution in [0.1, 0.15) is 13.8 Å². The number of hydrogen-bond donors (Lipinski definition) is 1. The molecular formula is C10H13FN2O4. The lowest BCUT2D eigenvalue weighted by Gasteiger charge is -2.08. The van der Waals surface area contributed by atoms with Gasteiger partial charge in [0, 0.05) is 0 Å². The monoisotopic (exact) mass is 244 g/mol. The van der Waals surface area contributed by atoms with Gasteiger partial charge < -0.3 is 4.74 Å².